The van der Waals surface area contributed by atoms with Crippen LogP contribution in [0.1, 0.15) is 25.3 Å². The van der Waals surface area contributed by atoms with Crippen molar-refractivity contribution in [1.82, 2.24) is 4.90 Å². The Labute approximate surface area is 144 Å². The van der Waals surface area contributed by atoms with Crippen LogP contribution in [0.15, 0.2) is 48.5 Å². The first kappa shape index (κ1) is 16.7. The Bertz CT molecular complexity index is 624. The second kappa shape index (κ2) is 8.06. The van der Waals surface area contributed by atoms with Crippen molar-refractivity contribution in [3.05, 3.63) is 54.1 Å². The Morgan fingerprint density at radius 1 is 0.958 bits per heavy atom. The molecule has 1 atom stereocenters. The molecule has 1 unspecified atom stereocenters. The first-order chi connectivity index (χ1) is 11.8. The number of nitrogens with zero attached hydrogens (tertiary/aromatic N) is 1. The highest BCUT2D eigenvalue weighted by molar-refractivity contribution is 5.32. The lowest BCUT2D eigenvalue weighted by Crippen LogP contribution is -2.33. The lowest BCUT2D eigenvalue weighted by atomic mass is 10.2. The lowest BCUT2D eigenvalue weighted by molar-refractivity contribution is 0.0649. The molecule has 1 saturated heterocycles. The average molecular weight is 327 g/mol. The normalized spacial score (nSPS) is 17.7. The van der Waals surface area contributed by atoms with Crippen LogP contribution in [0.2, 0.25) is 0 Å². The zero-order valence-electron chi connectivity index (χ0n) is 14.4. The van der Waals surface area contributed by atoms with Crippen molar-refractivity contribution in [2.45, 2.75) is 32.6 Å². The van der Waals surface area contributed by atoms with Crippen LogP contribution in [-0.4, -0.2) is 31.3 Å². The van der Waals surface area contributed by atoms with E-state index in [9.17, 15) is 0 Å². The average Bonchev–Trinajstić information content (AvgIpc) is 3.08. The fourth-order valence-electron chi connectivity index (χ4n) is 2.95. The molecular weight excluding hydrogens is 302 g/mol. The summed E-state index contributed by atoms with van der Waals surface area (Å²) in [6, 6.07) is 15.8. The van der Waals surface area contributed by atoms with Crippen LogP contribution < -0.4 is 14.2 Å². The third kappa shape index (κ3) is 4.20. The van der Waals surface area contributed by atoms with Gasteiger partial charge in [-0.25, -0.2) is 0 Å². The van der Waals surface area contributed by atoms with Gasteiger partial charge in [-0.15, -0.1) is 0 Å². The van der Waals surface area contributed by atoms with Crippen molar-refractivity contribution in [1.29, 1.82) is 0 Å². The Balaban J connectivity index is 1.52. The molecule has 1 aliphatic rings. The minimum Gasteiger partial charge on any atom is -0.497 e. The van der Waals surface area contributed by atoms with E-state index < -0.39 is 0 Å². The van der Waals surface area contributed by atoms with E-state index in [1.54, 1.807) is 7.11 Å². The Hall–Kier alpha value is -2.20. The number of ether oxygens (including phenoxy) is 3. The van der Waals surface area contributed by atoms with Gasteiger partial charge in [0.1, 0.15) is 23.9 Å². The smallest absolute Gasteiger partial charge is 0.152 e. The predicted molar refractivity (Wildman–Crippen MR) is 94.7 cm³/mol. The number of hydrogen-bond acceptors (Lipinski definition) is 4. The molecule has 0 amide bonds. The van der Waals surface area contributed by atoms with Gasteiger partial charge in [0.2, 0.25) is 0 Å². The summed E-state index contributed by atoms with van der Waals surface area (Å²) in [5.74, 6) is 2.60. The van der Waals surface area contributed by atoms with Gasteiger partial charge in [0.05, 0.1) is 7.11 Å². The molecule has 4 nitrogen and oxygen atoms in total. The van der Waals surface area contributed by atoms with Crippen LogP contribution in [0.5, 0.6) is 17.2 Å². The van der Waals surface area contributed by atoms with Crippen molar-refractivity contribution < 1.29 is 14.2 Å². The zero-order valence-corrected chi connectivity index (χ0v) is 14.4. The van der Waals surface area contributed by atoms with Gasteiger partial charge in [-0.3, -0.25) is 4.90 Å². The highest BCUT2D eigenvalue weighted by atomic mass is 16.5. The van der Waals surface area contributed by atoms with E-state index >= 15 is 0 Å². The van der Waals surface area contributed by atoms with Crippen molar-refractivity contribution in [3.8, 4) is 17.2 Å². The van der Waals surface area contributed by atoms with Gasteiger partial charge >= 0.3 is 0 Å². The maximum absolute atomic E-state index is 6.08. The molecule has 0 aliphatic carbocycles. The molecule has 0 N–H and O–H groups in total. The van der Waals surface area contributed by atoms with E-state index in [4.69, 9.17) is 14.2 Å². The van der Waals surface area contributed by atoms with Gasteiger partial charge < -0.3 is 14.2 Å². The summed E-state index contributed by atoms with van der Waals surface area (Å²) in [7, 11) is 1.67. The Morgan fingerprint density at radius 3 is 2.29 bits per heavy atom. The Morgan fingerprint density at radius 2 is 1.62 bits per heavy atom. The molecule has 0 bridgehead atoms. The summed E-state index contributed by atoms with van der Waals surface area (Å²) in [6.45, 7) is 4.88. The van der Waals surface area contributed by atoms with Crippen molar-refractivity contribution >= 4 is 0 Å². The van der Waals surface area contributed by atoms with Crippen molar-refractivity contribution in [2.24, 2.45) is 0 Å². The quantitative estimate of drug-likeness (QED) is 0.766. The fraction of sp³-hybridized carbons (Fsp3) is 0.400. The standard InChI is InChI=1S/C20H25NO3/c1-3-21-14-4-5-20(21)24-19-12-10-18(11-13-19)23-15-16-6-8-17(22-2)9-7-16/h6-13,20H,3-5,14-15H2,1-2H3. The summed E-state index contributed by atoms with van der Waals surface area (Å²) in [5, 5.41) is 0. The van der Waals surface area contributed by atoms with Gasteiger partial charge in [0.15, 0.2) is 6.23 Å². The van der Waals surface area contributed by atoms with Crippen LogP contribution in [-0.2, 0) is 6.61 Å². The van der Waals surface area contributed by atoms with Crippen molar-refractivity contribution in [2.75, 3.05) is 20.2 Å². The third-order valence-corrected chi connectivity index (χ3v) is 4.37. The molecule has 2 aromatic carbocycles. The van der Waals surface area contributed by atoms with Crippen LogP contribution in [0.25, 0.3) is 0 Å². The molecule has 0 saturated carbocycles. The number of rotatable bonds is 7. The van der Waals surface area contributed by atoms with Gasteiger partial charge in [0, 0.05) is 6.54 Å². The summed E-state index contributed by atoms with van der Waals surface area (Å²) in [4.78, 5) is 2.37. The first-order valence-electron chi connectivity index (χ1n) is 8.55. The number of benzene rings is 2. The van der Waals surface area contributed by atoms with E-state index in [0.29, 0.717) is 6.61 Å². The summed E-state index contributed by atoms with van der Waals surface area (Å²) in [6.07, 6.45) is 2.52. The topological polar surface area (TPSA) is 30.9 Å². The highest BCUT2D eigenvalue weighted by Crippen LogP contribution is 2.24. The van der Waals surface area contributed by atoms with Gasteiger partial charge in [0.25, 0.3) is 0 Å². The summed E-state index contributed by atoms with van der Waals surface area (Å²) >= 11 is 0. The van der Waals surface area contributed by atoms with E-state index in [-0.39, 0.29) is 6.23 Å². The third-order valence-electron chi connectivity index (χ3n) is 4.37. The molecule has 2 aromatic rings. The second-order valence-electron chi connectivity index (χ2n) is 5.95. The molecule has 1 fully saturated rings. The van der Waals surface area contributed by atoms with Crippen LogP contribution in [0, 0.1) is 0 Å². The molecule has 128 valence electrons. The molecule has 0 aromatic heterocycles. The maximum Gasteiger partial charge on any atom is 0.152 e. The van der Waals surface area contributed by atoms with Crippen LogP contribution in [0.4, 0.5) is 0 Å². The molecule has 0 radical (unpaired) electrons. The molecule has 3 rings (SSSR count). The van der Waals surface area contributed by atoms with Crippen LogP contribution in [0.3, 0.4) is 0 Å². The zero-order chi connectivity index (χ0) is 16.8. The minimum absolute atomic E-state index is 0.209. The minimum atomic E-state index is 0.209. The predicted octanol–water partition coefficient (Wildman–Crippen LogP) is 4.09. The van der Waals surface area contributed by atoms with Gasteiger partial charge in [-0.1, -0.05) is 19.1 Å². The largest absolute Gasteiger partial charge is 0.497 e. The van der Waals surface area contributed by atoms with Crippen LogP contribution >= 0.6 is 0 Å². The highest BCUT2D eigenvalue weighted by Gasteiger charge is 2.24. The fourth-order valence-corrected chi connectivity index (χ4v) is 2.95. The lowest BCUT2D eigenvalue weighted by Gasteiger charge is -2.23. The Kier molecular flexibility index (Phi) is 5.59. The number of likely N-dealkylation sites (tertiary alicyclic amines) is 1. The van der Waals surface area contributed by atoms with Crippen molar-refractivity contribution in [3.63, 3.8) is 0 Å². The second-order valence-corrected chi connectivity index (χ2v) is 5.95. The molecule has 24 heavy (non-hydrogen) atoms. The number of methoxy groups -OCH3 is 1. The van der Waals surface area contributed by atoms with Gasteiger partial charge in [-0.05, 0) is 61.3 Å². The molecular formula is C20H25NO3. The monoisotopic (exact) mass is 327 g/mol. The molecule has 1 heterocycles. The molecule has 1 aliphatic heterocycles. The number of hydrogen-bond donors (Lipinski definition) is 0. The SMILES string of the molecule is CCN1CCCC1Oc1ccc(OCc2ccc(OC)cc2)cc1. The summed E-state index contributed by atoms with van der Waals surface area (Å²) < 4.78 is 17.1. The summed E-state index contributed by atoms with van der Waals surface area (Å²) in [5.41, 5.74) is 1.11. The van der Waals surface area contributed by atoms with E-state index in [0.717, 1.165) is 42.3 Å². The maximum atomic E-state index is 6.08. The molecule has 4 heteroatoms. The first-order valence-corrected chi connectivity index (χ1v) is 8.55. The van der Waals surface area contributed by atoms with E-state index in [1.807, 2.05) is 48.5 Å². The molecule has 0 spiro atoms. The van der Waals surface area contributed by atoms with Gasteiger partial charge in [-0.2, -0.15) is 0 Å². The van der Waals surface area contributed by atoms with E-state index in [2.05, 4.69) is 11.8 Å². The van der Waals surface area contributed by atoms with E-state index in [1.165, 1.54) is 6.42 Å².